The van der Waals surface area contributed by atoms with Gasteiger partial charge in [0, 0.05) is 12.7 Å². The number of rotatable bonds is 3. The normalized spacial score (nSPS) is 10.7. The van der Waals surface area contributed by atoms with E-state index in [0.717, 1.165) is 10.2 Å². The molecule has 6 nitrogen and oxygen atoms in total. The number of nitrogens with zero attached hydrogens (tertiary/aromatic N) is 4. The van der Waals surface area contributed by atoms with Gasteiger partial charge in [-0.25, -0.2) is 9.18 Å². The molecule has 1 amide bonds. The molecule has 7 heteroatoms. The van der Waals surface area contributed by atoms with Gasteiger partial charge in [-0.3, -0.25) is 4.98 Å². The van der Waals surface area contributed by atoms with E-state index < -0.39 is 12.7 Å². The number of alkyl halides is 1. The van der Waals surface area contributed by atoms with E-state index in [1.54, 1.807) is 36.5 Å². The molecule has 0 aliphatic heterocycles. The lowest BCUT2D eigenvalue weighted by atomic mass is 10.1. The summed E-state index contributed by atoms with van der Waals surface area (Å²) in [6.45, 7) is -0.338. The summed E-state index contributed by atoms with van der Waals surface area (Å²) in [6.07, 6.45) is 3.10. The summed E-state index contributed by atoms with van der Waals surface area (Å²) in [7, 11) is 0. The summed E-state index contributed by atoms with van der Waals surface area (Å²) in [5.74, 6) is 0. The van der Waals surface area contributed by atoms with Gasteiger partial charge in [-0.05, 0) is 17.2 Å². The van der Waals surface area contributed by atoms with Crippen molar-refractivity contribution in [2.45, 2.75) is 13.2 Å². The molecular formula is C14H12FN5O. The Bertz CT molecular complexity index is 786. The van der Waals surface area contributed by atoms with Crippen molar-refractivity contribution in [1.82, 2.24) is 25.3 Å². The zero-order chi connectivity index (χ0) is 14.7. The second-order valence-corrected chi connectivity index (χ2v) is 4.43. The molecule has 0 aliphatic carbocycles. The number of carbonyl (C=O) groups is 1. The quantitative estimate of drug-likeness (QED) is 0.799. The van der Waals surface area contributed by atoms with Crippen LogP contribution in [0.2, 0.25) is 0 Å². The number of aromatic nitrogens is 4. The third-order valence-corrected chi connectivity index (χ3v) is 3.13. The first-order valence-corrected chi connectivity index (χ1v) is 6.36. The van der Waals surface area contributed by atoms with E-state index >= 15 is 0 Å². The van der Waals surface area contributed by atoms with E-state index in [2.05, 4.69) is 20.6 Å². The van der Waals surface area contributed by atoms with Gasteiger partial charge in [0.05, 0.1) is 6.20 Å². The van der Waals surface area contributed by atoms with Crippen LogP contribution in [-0.2, 0) is 13.2 Å². The van der Waals surface area contributed by atoms with Crippen molar-refractivity contribution in [2.24, 2.45) is 0 Å². The average molecular weight is 285 g/mol. The van der Waals surface area contributed by atoms with Crippen LogP contribution in [0.5, 0.6) is 0 Å². The second kappa shape index (κ2) is 5.66. The molecule has 1 aromatic carbocycles. The molecule has 0 spiro atoms. The molecule has 0 aliphatic rings. The van der Waals surface area contributed by atoms with E-state index in [-0.39, 0.29) is 6.54 Å². The Balaban J connectivity index is 1.78. The fourth-order valence-electron chi connectivity index (χ4n) is 2.03. The van der Waals surface area contributed by atoms with Crippen LogP contribution in [0.3, 0.4) is 0 Å². The van der Waals surface area contributed by atoms with Gasteiger partial charge < -0.3 is 5.32 Å². The van der Waals surface area contributed by atoms with Crippen LogP contribution in [0, 0.1) is 0 Å². The third kappa shape index (κ3) is 2.58. The van der Waals surface area contributed by atoms with Crippen LogP contribution in [0.15, 0.2) is 42.7 Å². The lowest BCUT2D eigenvalue weighted by Crippen LogP contribution is -2.29. The van der Waals surface area contributed by atoms with Crippen LogP contribution < -0.4 is 5.32 Å². The SMILES string of the molecule is O=C(NCc1ccccc1CF)n1nnc2cnccc21. The molecule has 106 valence electrons. The zero-order valence-corrected chi connectivity index (χ0v) is 11.0. The number of fused-ring (bicyclic) bond motifs is 1. The van der Waals surface area contributed by atoms with Gasteiger partial charge in [0.1, 0.15) is 17.7 Å². The van der Waals surface area contributed by atoms with Crippen LogP contribution in [0.4, 0.5) is 9.18 Å². The molecule has 0 saturated carbocycles. The fourth-order valence-corrected chi connectivity index (χ4v) is 2.03. The topological polar surface area (TPSA) is 72.7 Å². The largest absolute Gasteiger partial charge is 0.344 e. The van der Waals surface area contributed by atoms with Gasteiger partial charge in [0.2, 0.25) is 0 Å². The van der Waals surface area contributed by atoms with Gasteiger partial charge >= 0.3 is 6.03 Å². The summed E-state index contributed by atoms with van der Waals surface area (Å²) < 4.78 is 14.0. The van der Waals surface area contributed by atoms with Crippen molar-refractivity contribution >= 4 is 17.1 Å². The number of nitrogens with one attached hydrogen (secondary N) is 1. The number of hydrogen-bond acceptors (Lipinski definition) is 4. The van der Waals surface area contributed by atoms with E-state index in [9.17, 15) is 9.18 Å². The van der Waals surface area contributed by atoms with Crippen molar-refractivity contribution in [1.29, 1.82) is 0 Å². The fraction of sp³-hybridized carbons (Fsp3) is 0.143. The Morgan fingerprint density at radius 2 is 2.05 bits per heavy atom. The van der Waals surface area contributed by atoms with E-state index in [4.69, 9.17) is 0 Å². The van der Waals surface area contributed by atoms with Gasteiger partial charge in [0.15, 0.2) is 0 Å². The highest BCUT2D eigenvalue weighted by Gasteiger charge is 2.12. The lowest BCUT2D eigenvalue weighted by molar-refractivity contribution is 0.239. The highest BCUT2D eigenvalue weighted by molar-refractivity contribution is 5.87. The van der Waals surface area contributed by atoms with Crippen molar-refractivity contribution < 1.29 is 9.18 Å². The maximum Gasteiger partial charge on any atom is 0.344 e. The summed E-state index contributed by atoms with van der Waals surface area (Å²) in [5.41, 5.74) is 2.41. The highest BCUT2D eigenvalue weighted by atomic mass is 19.1. The number of pyridine rings is 1. The molecule has 0 saturated heterocycles. The van der Waals surface area contributed by atoms with Crippen molar-refractivity contribution in [3.05, 3.63) is 53.9 Å². The maximum atomic E-state index is 12.8. The molecule has 1 N–H and O–H groups in total. The molecule has 0 bridgehead atoms. The minimum absolute atomic E-state index is 0.228. The Morgan fingerprint density at radius 1 is 1.24 bits per heavy atom. The van der Waals surface area contributed by atoms with Crippen LogP contribution in [-0.4, -0.2) is 26.0 Å². The van der Waals surface area contributed by atoms with Crippen LogP contribution in [0.1, 0.15) is 11.1 Å². The predicted octanol–water partition coefficient (Wildman–Crippen LogP) is 2.05. The predicted molar refractivity (Wildman–Crippen MR) is 74.2 cm³/mol. The summed E-state index contributed by atoms with van der Waals surface area (Å²) in [4.78, 5) is 16.0. The van der Waals surface area contributed by atoms with Crippen molar-refractivity contribution in [3.8, 4) is 0 Å². The summed E-state index contributed by atoms with van der Waals surface area (Å²) in [5, 5.41) is 10.4. The molecule has 3 rings (SSSR count). The highest BCUT2D eigenvalue weighted by Crippen LogP contribution is 2.11. The zero-order valence-electron chi connectivity index (χ0n) is 11.0. The number of carbonyl (C=O) groups excluding carboxylic acids is 1. The summed E-state index contributed by atoms with van der Waals surface area (Å²) in [6, 6.07) is 8.27. The Labute approximate surface area is 119 Å². The summed E-state index contributed by atoms with van der Waals surface area (Å²) >= 11 is 0. The van der Waals surface area contributed by atoms with E-state index in [1.165, 1.54) is 6.20 Å². The molecule has 0 unspecified atom stereocenters. The number of amides is 1. The molecule has 0 fully saturated rings. The Morgan fingerprint density at radius 3 is 2.86 bits per heavy atom. The first kappa shape index (κ1) is 13.2. The average Bonchev–Trinajstić information content (AvgIpc) is 2.97. The van der Waals surface area contributed by atoms with Crippen molar-refractivity contribution in [2.75, 3.05) is 0 Å². The second-order valence-electron chi connectivity index (χ2n) is 4.43. The molecule has 2 heterocycles. The maximum absolute atomic E-state index is 12.8. The third-order valence-electron chi connectivity index (χ3n) is 3.13. The molecule has 0 radical (unpaired) electrons. The van der Waals surface area contributed by atoms with Crippen LogP contribution in [0.25, 0.3) is 11.0 Å². The smallest absolute Gasteiger partial charge is 0.332 e. The molecule has 0 atom stereocenters. The first-order chi connectivity index (χ1) is 10.3. The molecule has 3 aromatic rings. The van der Waals surface area contributed by atoms with E-state index in [1.807, 2.05) is 0 Å². The lowest BCUT2D eigenvalue weighted by Gasteiger charge is -2.08. The molecular weight excluding hydrogens is 273 g/mol. The number of benzene rings is 1. The van der Waals surface area contributed by atoms with Gasteiger partial charge in [-0.1, -0.05) is 29.5 Å². The van der Waals surface area contributed by atoms with Gasteiger partial charge in [0.25, 0.3) is 0 Å². The number of hydrogen-bond donors (Lipinski definition) is 1. The van der Waals surface area contributed by atoms with E-state index in [0.29, 0.717) is 16.6 Å². The first-order valence-electron chi connectivity index (χ1n) is 6.36. The molecule has 2 aromatic heterocycles. The standard InChI is InChI=1S/C14H12FN5O/c15-7-10-3-1-2-4-11(10)8-17-14(21)20-13-5-6-16-9-12(13)18-19-20/h1-6,9H,7-8H2,(H,17,21). The van der Waals surface area contributed by atoms with Gasteiger partial charge in [-0.15, -0.1) is 5.10 Å². The van der Waals surface area contributed by atoms with Crippen molar-refractivity contribution in [3.63, 3.8) is 0 Å². The minimum atomic E-state index is -0.566. The Hall–Kier alpha value is -2.83. The number of halogens is 1. The minimum Gasteiger partial charge on any atom is -0.332 e. The Kier molecular flexibility index (Phi) is 3.55. The van der Waals surface area contributed by atoms with Gasteiger partial charge in [-0.2, -0.15) is 4.68 Å². The monoisotopic (exact) mass is 285 g/mol. The van der Waals surface area contributed by atoms with Crippen LogP contribution >= 0.6 is 0 Å². The molecule has 21 heavy (non-hydrogen) atoms.